The lowest BCUT2D eigenvalue weighted by molar-refractivity contribution is -0.141. The van der Waals surface area contributed by atoms with Crippen LogP contribution in [0.1, 0.15) is 24.6 Å². The largest absolute Gasteiger partial charge is 0.387 e. The predicted molar refractivity (Wildman–Crippen MR) is 238 cm³/mol. The molecule has 3 rings (SSSR count). The molecule has 2 aliphatic heterocycles. The number of rotatable bonds is 39. The molecule has 2 aliphatic rings. The maximum absolute atomic E-state index is 12.2. The lowest BCUT2D eigenvalue weighted by Crippen LogP contribution is -2.41. The number of imide groups is 1. The van der Waals surface area contributed by atoms with Crippen molar-refractivity contribution < 1.29 is 66.5 Å². The Bertz CT molecular complexity index is 1760. The summed E-state index contributed by atoms with van der Waals surface area (Å²) in [6.45, 7) is 10.1. The molecule has 0 aromatic carbocycles. The van der Waals surface area contributed by atoms with Crippen molar-refractivity contribution in [1.29, 1.82) is 10.8 Å². The predicted octanol–water partition coefficient (Wildman–Crippen LogP) is 0.145. The molecule has 0 radical (unpaired) electrons. The van der Waals surface area contributed by atoms with E-state index in [4.69, 9.17) is 63.9 Å². The fourth-order valence-electron chi connectivity index (χ4n) is 5.38. The van der Waals surface area contributed by atoms with Gasteiger partial charge in [0.05, 0.1) is 149 Å². The average Bonchev–Trinajstić information content (AvgIpc) is 3.51. The highest BCUT2D eigenvalue weighted by Crippen LogP contribution is 2.25. The zero-order valence-corrected chi connectivity index (χ0v) is 37.1. The van der Waals surface area contributed by atoms with Gasteiger partial charge in [-0.3, -0.25) is 34.5 Å². The Morgan fingerprint density at radius 1 is 0.662 bits per heavy atom. The number of hydrogen-bond acceptors (Lipinski definition) is 19. The third-order valence-corrected chi connectivity index (χ3v) is 8.63. The van der Waals surface area contributed by atoms with Gasteiger partial charge in [-0.05, 0) is 31.2 Å². The van der Waals surface area contributed by atoms with Gasteiger partial charge in [0.2, 0.25) is 5.91 Å². The van der Waals surface area contributed by atoms with E-state index in [1.807, 2.05) is 13.0 Å². The first-order valence-corrected chi connectivity index (χ1v) is 21.4. The second-order valence-corrected chi connectivity index (χ2v) is 13.9. The number of amidine groups is 1. The summed E-state index contributed by atoms with van der Waals surface area (Å²) in [6, 6.07) is 1.71. The fraction of sp³-hybridized carbons (Fsp3) is 0.581. The highest BCUT2D eigenvalue weighted by atomic mass is 16.6. The molecule has 1 aromatic heterocycles. The molecule has 0 bridgehead atoms. The smallest absolute Gasteiger partial charge is 0.269 e. The molecule has 0 unspecified atom stereocenters. The van der Waals surface area contributed by atoms with Crippen molar-refractivity contribution in [2.45, 2.75) is 13.3 Å². The number of pyridine rings is 1. The zero-order chi connectivity index (χ0) is 46.7. The number of nitrogens with two attached hydrogens (primary N) is 1. The number of amides is 4. The van der Waals surface area contributed by atoms with Crippen molar-refractivity contribution in [2.24, 2.45) is 10.7 Å². The van der Waals surface area contributed by atoms with E-state index in [0.717, 1.165) is 22.6 Å². The lowest BCUT2D eigenvalue weighted by Gasteiger charge is -2.13. The zero-order valence-electron chi connectivity index (χ0n) is 37.1. The standard InChI is InChI=1S/C43H64N8O14/c1-33-28-37-38(50-39(46)29-33)30-34(31-49-37)35(44)2-3-36(45)43(55)48-7-9-57-11-13-59-15-17-61-19-21-63-23-25-65-27-26-64-24-22-62-20-18-60-16-14-58-12-10-56-8-6-47-40(52)32-51-41(53)4-5-42(51)54/h2-5,28,30-31,44-45H,6-27,29,32H2,1H3,(H2,46,50)(H,47,52)(H,48,55)/b3-2-,44-35?,45-36?. The first-order chi connectivity index (χ1) is 31.6. The van der Waals surface area contributed by atoms with Gasteiger partial charge in [-0.15, -0.1) is 0 Å². The number of ether oxygens (including phenoxy) is 10. The number of nitrogens with zero attached hydrogens (tertiary/aromatic N) is 3. The Morgan fingerprint density at radius 3 is 1.52 bits per heavy atom. The number of allylic oxidation sites excluding steroid dienone is 1. The van der Waals surface area contributed by atoms with Crippen LogP contribution in [0.5, 0.6) is 0 Å². The Morgan fingerprint density at radius 2 is 1.08 bits per heavy atom. The maximum Gasteiger partial charge on any atom is 0.269 e. The minimum atomic E-state index is -0.582. The van der Waals surface area contributed by atoms with Gasteiger partial charge < -0.3 is 69.1 Å². The van der Waals surface area contributed by atoms with Crippen molar-refractivity contribution in [3.8, 4) is 0 Å². The number of hydrogen-bond donors (Lipinski definition) is 5. The van der Waals surface area contributed by atoms with E-state index in [1.54, 1.807) is 12.3 Å². The number of aromatic nitrogens is 1. The van der Waals surface area contributed by atoms with Gasteiger partial charge in [0.25, 0.3) is 17.7 Å². The minimum Gasteiger partial charge on any atom is -0.387 e. The molecule has 4 amide bonds. The SMILES string of the molecule is CC1=Cc2ncc(C(=N)/C=C\C(=N)C(=O)NCCOCCOCCOCCOCCOCCOCCOCCOCCOCCOCCNC(=O)CN3C(=O)C=CC3=O)cc2N=C(N)C1. The summed E-state index contributed by atoms with van der Waals surface area (Å²) in [7, 11) is 0. The van der Waals surface area contributed by atoms with Crippen LogP contribution >= 0.6 is 0 Å². The van der Waals surface area contributed by atoms with Gasteiger partial charge in [-0.25, -0.2) is 4.99 Å². The molecule has 0 spiro atoms. The van der Waals surface area contributed by atoms with Crippen molar-refractivity contribution >= 4 is 52.7 Å². The molecule has 0 aliphatic carbocycles. The average molecular weight is 917 g/mol. The van der Waals surface area contributed by atoms with Gasteiger partial charge in [0.15, 0.2) is 0 Å². The molecule has 3 heterocycles. The number of carbonyl (C=O) groups is 4. The highest BCUT2D eigenvalue weighted by molar-refractivity contribution is 6.42. The summed E-state index contributed by atoms with van der Waals surface area (Å²) >= 11 is 0. The Hall–Kier alpha value is -5.14. The molecule has 0 atom stereocenters. The van der Waals surface area contributed by atoms with Crippen LogP contribution in [0.2, 0.25) is 0 Å². The number of fused-ring (bicyclic) bond motifs is 1. The van der Waals surface area contributed by atoms with Crippen molar-refractivity contribution in [2.75, 3.05) is 152 Å². The molecule has 1 aromatic rings. The van der Waals surface area contributed by atoms with E-state index in [2.05, 4.69) is 20.6 Å². The molecule has 6 N–H and O–H groups in total. The van der Waals surface area contributed by atoms with Crippen LogP contribution in [-0.4, -0.2) is 203 Å². The van der Waals surface area contributed by atoms with E-state index < -0.39 is 23.6 Å². The molecule has 0 saturated carbocycles. The Balaban J connectivity index is 0.962. The monoisotopic (exact) mass is 916 g/mol. The lowest BCUT2D eigenvalue weighted by atomic mass is 10.1. The second kappa shape index (κ2) is 34.2. The van der Waals surface area contributed by atoms with E-state index in [1.165, 1.54) is 12.2 Å². The summed E-state index contributed by atoms with van der Waals surface area (Å²) in [6.07, 6.45) is 8.90. The maximum atomic E-state index is 12.2. The van der Waals surface area contributed by atoms with E-state index in [0.29, 0.717) is 148 Å². The number of nitrogens with one attached hydrogen (secondary N) is 4. The van der Waals surface area contributed by atoms with Crippen LogP contribution in [-0.2, 0) is 66.5 Å². The molecule has 0 fully saturated rings. The first-order valence-electron chi connectivity index (χ1n) is 21.4. The van der Waals surface area contributed by atoms with E-state index in [-0.39, 0.29) is 44.3 Å². The summed E-state index contributed by atoms with van der Waals surface area (Å²) in [5.41, 5.74) is 8.52. The van der Waals surface area contributed by atoms with Crippen LogP contribution < -0.4 is 16.4 Å². The molecule has 65 heavy (non-hydrogen) atoms. The second-order valence-electron chi connectivity index (χ2n) is 13.9. The Kier molecular flexibility index (Phi) is 28.5. The molecular formula is C43H64N8O14. The number of carbonyl (C=O) groups excluding carboxylic acids is 4. The molecule has 22 nitrogen and oxygen atoms in total. The van der Waals surface area contributed by atoms with Gasteiger partial charge >= 0.3 is 0 Å². The third kappa shape index (κ3) is 25.2. The summed E-state index contributed by atoms with van der Waals surface area (Å²) in [5.74, 6) is -1.55. The fourth-order valence-corrected chi connectivity index (χ4v) is 5.38. The normalized spacial score (nSPS) is 13.5. The van der Waals surface area contributed by atoms with Gasteiger partial charge in [0.1, 0.15) is 18.1 Å². The van der Waals surface area contributed by atoms with Crippen LogP contribution in [0, 0.1) is 10.8 Å². The topological polar surface area (TPSA) is 287 Å². The van der Waals surface area contributed by atoms with Crippen molar-refractivity contribution in [3.63, 3.8) is 0 Å². The van der Waals surface area contributed by atoms with Gasteiger partial charge in [-0.2, -0.15) is 0 Å². The van der Waals surface area contributed by atoms with Crippen LogP contribution in [0.25, 0.3) is 6.08 Å². The third-order valence-electron chi connectivity index (χ3n) is 8.63. The summed E-state index contributed by atoms with van der Waals surface area (Å²) in [4.78, 5) is 56.6. The van der Waals surface area contributed by atoms with Gasteiger partial charge in [-0.1, -0.05) is 5.57 Å². The summed E-state index contributed by atoms with van der Waals surface area (Å²) < 4.78 is 54.6. The molecule has 0 saturated heterocycles. The first kappa shape index (κ1) is 54.2. The minimum absolute atomic E-state index is 0.0805. The van der Waals surface area contributed by atoms with Crippen LogP contribution in [0.15, 0.2) is 47.1 Å². The van der Waals surface area contributed by atoms with Crippen LogP contribution in [0.3, 0.4) is 0 Å². The quantitative estimate of drug-likeness (QED) is 0.0334. The number of aliphatic imine (C=N–C) groups is 1. The highest BCUT2D eigenvalue weighted by Gasteiger charge is 2.25. The Labute approximate surface area is 379 Å². The van der Waals surface area contributed by atoms with E-state index in [9.17, 15) is 19.2 Å². The molecule has 22 heteroatoms. The van der Waals surface area contributed by atoms with Gasteiger partial charge in [0, 0.05) is 43.4 Å². The van der Waals surface area contributed by atoms with Crippen LogP contribution in [0.4, 0.5) is 5.69 Å². The summed E-state index contributed by atoms with van der Waals surface area (Å²) in [5, 5.41) is 21.5. The molecule has 360 valence electrons. The molecular weight excluding hydrogens is 853 g/mol. The van der Waals surface area contributed by atoms with Crippen molar-refractivity contribution in [1.82, 2.24) is 20.5 Å². The van der Waals surface area contributed by atoms with E-state index >= 15 is 0 Å². The van der Waals surface area contributed by atoms with Crippen molar-refractivity contribution in [3.05, 3.63) is 53.4 Å².